The Labute approximate surface area is 160 Å². The van der Waals surface area contributed by atoms with Crippen LogP contribution in [0.25, 0.3) is 0 Å². The van der Waals surface area contributed by atoms with Crippen molar-refractivity contribution in [2.45, 2.75) is 44.1 Å². The number of piperazine rings is 1. The average Bonchev–Trinajstić information content (AvgIpc) is 2.96. The van der Waals surface area contributed by atoms with Gasteiger partial charge in [-0.1, -0.05) is 19.3 Å². The molecular weight excluding hydrogens is 367 g/mol. The number of carbonyl (C=O) groups is 1. The molecule has 1 saturated carbocycles. The van der Waals surface area contributed by atoms with Gasteiger partial charge in [-0.25, -0.2) is 4.98 Å². The first-order chi connectivity index (χ1) is 10.6. The molecule has 3 rings (SSSR count). The van der Waals surface area contributed by atoms with E-state index in [-0.39, 0.29) is 36.3 Å². The van der Waals surface area contributed by atoms with Gasteiger partial charge < -0.3 is 15.5 Å². The van der Waals surface area contributed by atoms with Crippen molar-refractivity contribution in [2.75, 3.05) is 33.2 Å². The Morgan fingerprint density at radius 2 is 2.00 bits per heavy atom. The van der Waals surface area contributed by atoms with E-state index in [1.165, 1.54) is 19.3 Å². The molecule has 2 fully saturated rings. The van der Waals surface area contributed by atoms with Crippen molar-refractivity contribution in [3.8, 4) is 0 Å². The minimum absolute atomic E-state index is 0. The molecule has 0 atom stereocenters. The average molecular weight is 395 g/mol. The second-order valence-electron chi connectivity index (χ2n) is 6.64. The van der Waals surface area contributed by atoms with E-state index in [1.807, 2.05) is 5.38 Å². The van der Waals surface area contributed by atoms with Gasteiger partial charge in [0.1, 0.15) is 5.69 Å². The summed E-state index contributed by atoms with van der Waals surface area (Å²) in [5.41, 5.74) is 6.22. The predicted octanol–water partition coefficient (Wildman–Crippen LogP) is 2.58. The van der Waals surface area contributed by atoms with Crippen LogP contribution in [0.5, 0.6) is 0 Å². The van der Waals surface area contributed by atoms with E-state index in [1.54, 1.807) is 11.3 Å². The summed E-state index contributed by atoms with van der Waals surface area (Å²) in [6.45, 7) is 3.35. The molecule has 1 spiro atoms. The van der Waals surface area contributed by atoms with Crippen molar-refractivity contribution in [2.24, 2.45) is 5.73 Å². The predicted molar refractivity (Wildman–Crippen MR) is 104 cm³/mol. The number of halogens is 2. The molecule has 1 aromatic heterocycles. The maximum atomic E-state index is 13.0. The van der Waals surface area contributed by atoms with Crippen LogP contribution in [0.15, 0.2) is 5.38 Å². The molecule has 8 heteroatoms. The number of thiazole rings is 1. The first-order valence-corrected chi connectivity index (χ1v) is 9.18. The summed E-state index contributed by atoms with van der Waals surface area (Å²) in [4.78, 5) is 22.0. The molecule has 0 unspecified atom stereocenters. The Hall–Kier alpha value is -0.400. The molecule has 138 valence electrons. The number of amides is 1. The monoisotopic (exact) mass is 394 g/mol. The molecule has 0 bridgehead atoms. The summed E-state index contributed by atoms with van der Waals surface area (Å²) in [5.74, 6) is 0.120. The largest absolute Gasteiger partial charge is 0.330 e. The molecule has 0 aromatic carbocycles. The third-order valence-electron chi connectivity index (χ3n) is 5.00. The van der Waals surface area contributed by atoms with Crippen molar-refractivity contribution in [3.05, 3.63) is 16.1 Å². The lowest BCUT2D eigenvalue weighted by Crippen LogP contribution is -2.63. The van der Waals surface area contributed by atoms with Gasteiger partial charge >= 0.3 is 0 Å². The van der Waals surface area contributed by atoms with Gasteiger partial charge in [-0.15, -0.1) is 36.2 Å². The van der Waals surface area contributed by atoms with Crippen LogP contribution < -0.4 is 5.73 Å². The third kappa shape index (κ3) is 4.41. The summed E-state index contributed by atoms with van der Waals surface area (Å²) < 4.78 is 0. The van der Waals surface area contributed by atoms with Gasteiger partial charge in [0, 0.05) is 31.4 Å². The SMILES string of the molecule is CN1CCN(C(=O)c2csc(CCN)n2)C2(CCCCC2)C1.Cl.Cl. The van der Waals surface area contributed by atoms with Crippen molar-refractivity contribution >= 4 is 42.1 Å². The van der Waals surface area contributed by atoms with Gasteiger partial charge in [-0.2, -0.15) is 0 Å². The van der Waals surface area contributed by atoms with Crippen LogP contribution in [-0.4, -0.2) is 59.5 Å². The molecule has 1 aromatic rings. The summed E-state index contributed by atoms with van der Waals surface area (Å²) in [7, 11) is 2.17. The second-order valence-corrected chi connectivity index (χ2v) is 7.59. The third-order valence-corrected chi connectivity index (χ3v) is 5.91. The van der Waals surface area contributed by atoms with Crippen molar-refractivity contribution in [1.82, 2.24) is 14.8 Å². The molecule has 0 radical (unpaired) electrons. The zero-order valence-electron chi connectivity index (χ0n) is 14.2. The van der Waals surface area contributed by atoms with Crippen LogP contribution in [0.4, 0.5) is 0 Å². The fraction of sp³-hybridized carbons (Fsp3) is 0.750. The zero-order valence-corrected chi connectivity index (χ0v) is 16.6. The van der Waals surface area contributed by atoms with E-state index in [0.29, 0.717) is 12.2 Å². The van der Waals surface area contributed by atoms with Crippen molar-refractivity contribution < 1.29 is 4.79 Å². The van der Waals surface area contributed by atoms with Crippen molar-refractivity contribution in [1.29, 1.82) is 0 Å². The lowest BCUT2D eigenvalue weighted by Gasteiger charge is -2.52. The van der Waals surface area contributed by atoms with E-state index < -0.39 is 0 Å². The molecule has 24 heavy (non-hydrogen) atoms. The van der Waals surface area contributed by atoms with Crippen LogP contribution in [0.1, 0.15) is 47.6 Å². The quantitative estimate of drug-likeness (QED) is 0.855. The highest BCUT2D eigenvalue weighted by Gasteiger charge is 2.44. The van der Waals surface area contributed by atoms with Crippen LogP contribution in [-0.2, 0) is 6.42 Å². The number of nitrogens with zero attached hydrogens (tertiary/aromatic N) is 3. The van der Waals surface area contributed by atoms with Crippen LogP contribution >= 0.6 is 36.2 Å². The van der Waals surface area contributed by atoms with Crippen LogP contribution in [0.2, 0.25) is 0 Å². The number of likely N-dealkylation sites (N-methyl/N-ethyl adjacent to an activating group) is 1. The second kappa shape index (κ2) is 9.34. The normalized spacial score (nSPS) is 20.3. The Kier molecular flexibility index (Phi) is 8.42. The molecule has 1 aliphatic heterocycles. The molecule has 2 N–H and O–H groups in total. The first kappa shape index (κ1) is 21.6. The highest BCUT2D eigenvalue weighted by Crippen LogP contribution is 2.37. The Balaban J connectivity index is 0.00000144. The maximum Gasteiger partial charge on any atom is 0.273 e. The molecule has 2 aliphatic rings. The minimum atomic E-state index is 0. The highest BCUT2D eigenvalue weighted by atomic mass is 35.5. The van der Waals surface area contributed by atoms with Gasteiger partial charge in [0.05, 0.1) is 10.5 Å². The number of carbonyl (C=O) groups excluding carboxylic acids is 1. The highest BCUT2D eigenvalue weighted by molar-refractivity contribution is 7.09. The lowest BCUT2D eigenvalue weighted by molar-refractivity contribution is -0.00812. The van der Waals surface area contributed by atoms with Gasteiger partial charge in [0.2, 0.25) is 0 Å². The molecule has 2 heterocycles. The summed E-state index contributed by atoms with van der Waals surface area (Å²) in [6.07, 6.45) is 6.77. The Bertz CT molecular complexity index is 534. The lowest BCUT2D eigenvalue weighted by atomic mass is 9.78. The van der Waals surface area contributed by atoms with Gasteiger partial charge in [-0.05, 0) is 26.4 Å². The summed E-state index contributed by atoms with van der Waals surface area (Å²) in [6, 6.07) is 0. The fourth-order valence-electron chi connectivity index (χ4n) is 3.92. The number of nitrogens with two attached hydrogens (primary N) is 1. The van der Waals surface area contributed by atoms with E-state index in [9.17, 15) is 4.79 Å². The molecule has 1 saturated heterocycles. The Morgan fingerprint density at radius 3 is 2.67 bits per heavy atom. The van der Waals surface area contributed by atoms with E-state index in [2.05, 4.69) is 21.8 Å². The van der Waals surface area contributed by atoms with Gasteiger partial charge in [-0.3, -0.25) is 4.79 Å². The fourth-order valence-corrected chi connectivity index (χ4v) is 4.70. The maximum absolute atomic E-state index is 13.0. The van der Waals surface area contributed by atoms with Crippen LogP contribution in [0.3, 0.4) is 0 Å². The number of rotatable bonds is 3. The molecule has 5 nitrogen and oxygen atoms in total. The van der Waals surface area contributed by atoms with E-state index >= 15 is 0 Å². The smallest absolute Gasteiger partial charge is 0.273 e. The first-order valence-electron chi connectivity index (χ1n) is 8.30. The van der Waals surface area contributed by atoms with Crippen LogP contribution in [0, 0.1) is 0 Å². The van der Waals surface area contributed by atoms with E-state index in [4.69, 9.17) is 5.73 Å². The van der Waals surface area contributed by atoms with E-state index in [0.717, 1.165) is 43.9 Å². The van der Waals surface area contributed by atoms with Crippen molar-refractivity contribution in [3.63, 3.8) is 0 Å². The Morgan fingerprint density at radius 1 is 1.29 bits per heavy atom. The standard InChI is InChI=1S/C16H26N4OS.2ClH/c1-19-9-10-20(16(12-19)6-3-2-4-7-16)15(21)13-11-22-14(18-13)5-8-17;;/h11H,2-10,12,17H2,1H3;2*1H. The number of hydrogen-bond donors (Lipinski definition) is 1. The number of aromatic nitrogens is 1. The molecular formula is C16H28Cl2N4OS. The molecule has 1 aliphatic carbocycles. The topological polar surface area (TPSA) is 62.5 Å². The summed E-state index contributed by atoms with van der Waals surface area (Å²) in [5, 5.41) is 2.87. The minimum Gasteiger partial charge on any atom is -0.330 e. The summed E-state index contributed by atoms with van der Waals surface area (Å²) >= 11 is 1.55. The molecule has 1 amide bonds. The van der Waals surface area contributed by atoms with Gasteiger partial charge in [0.25, 0.3) is 5.91 Å². The van der Waals surface area contributed by atoms with Gasteiger partial charge in [0.15, 0.2) is 0 Å². The zero-order chi connectivity index (χ0) is 15.6. The number of hydrogen-bond acceptors (Lipinski definition) is 5.